The van der Waals surface area contributed by atoms with E-state index in [0.717, 1.165) is 43.9 Å². The number of ether oxygens (including phenoxy) is 1. The molecule has 1 aromatic heterocycles. The average molecular weight is 359 g/mol. The Balaban J connectivity index is 1.46. The van der Waals surface area contributed by atoms with Gasteiger partial charge in [0.05, 0.1) is 7.11 Å². The van der Waals surface area contributed by atoms with Crippen LogP contribution >= 0.6 is 11.3 Å². The van der Waals surface area contributed by atoms with Crippen LogP contribution < -0.4 is 4.74 Å². The maximum atomic E-state index is 12.5. The third kappa shape index (κ3) is 4.61. The van der Waals surface area contributed by atoms with Crippen LogP contribution in [0.1, 0.15) is 29.8 Å². The van der Waals surface area contributed by atoms with Crippen molar-refractivity contribution in [3.8, 4) is 5.75 Å². The molecule has 1 aromatic carbocycles. The van der Waals surface area contributed by atoms with Gasteiger partial charge in [-0.25, -0.2) is 0 Å². The molecule has 0 aliphatic carbocycles. The summed E-state index contributed by atoms with van der Waals surface area (Å²) in [4.78, 5) is 18.4. The fraction of sp³-hybridized carbons (Fsp3) is 0.450. The van der Waals surface area contributed by atoms with Gasteiger partial charge in [0.15, 0.2) is 0 Å². The van der Waals surface area contributed by atoms with E-state index >= 15 is 0 Å². The number of carbonyl (C=O) groups excluding carboxylic acids is 1. The number of benzene rings is 1. The van der Waals surface area contributed by atoms with Crippen molar-refractivity contribution in [3.05, 3.63) is 52.2 Å². The maximum absolute atomic E-state index is 12.5. The number of aryl methyl sites for hydroxylation is 1. The highest BCUT2D eigenvalue weighted by atomic mass is 32.1. The minimum atomic E-state index is 0.256. The number of thiophene rings is 1. The lowest BCUT2D eigenvalue weighted by atomic mass is 10.1. The highest BCUT2D eigenvalue weighted by Crippen LogP contribution is 2.25. The minimum absolute atomic E-state index is 0.256. The first kappa shape index (κ1) is 18.0. The van der Waals surface area contributed by atoms with Crippen LogP contribution in [0.25, 0.3) is 0 Å². The predicted molar refractivity (Wildman–Crippen MR) is 102 cm³/mol. The number of carbonyl (C=O) groups is 1. The maximum Gasteiger partial charge on any atom is 0.222 e. The van der Waals surface area contributed by atoms with Gasteiger partial charge >= 0.3 is 0 Å². The van der Waals surface area contributed by atoms with Crippen LogP contribution in [0.5, 0.6) is 5.75 Å². The molecule has 3 rings (SSSR count). The second-order valence-corrected chi connectivity index (χ2v) is 7.44. The molecule has 5 heteroatoms. The molecule has 0 N–H and O–H groups in total. The topological polar surface area (TPSA) is 32.8 Å². The summed E-state index contributed by atoms with van der Waals surface area (Å²) in [6.07, 6.45) is 1.33. The molecule has 0 saturated carbocycles. The Bertz CT molecular complexity index is 679. The summed E-state index contributed by atoms with van der Waals surface area (Å²) in [5, 5.41) is 2.13. The summed E-state index contributed by atoms with van der Waals surface area (Å²) < 4.78 is 5.24. The van der Waals surface area contributed by atoms with Gasteiger partial charge in [0.2, 0.25) is 5.91 Å². The van der Waals surface area contributed by atoms with Gasteiger partial charge < -0.3 is 9.64 Å². The molecule has 134 valence electrons. The molecule has 1 fully saturated rings. The molecule has 0 spiro atoms. The molecule has 2 heterocycles. The number of amides is 1. The van der Waals surface area contributed by atoms with Crippen LogP contribution in [0.15, 0.2) is 41.8 Å². The van der Waals surface area contributed by atoms with Gasteiger partial charge in [0.25, 0.3) is 0 Å². The molecule has 2 aromatic rings. The normalized spacial score (nSPS) is 16.6. The van der Waals surface area contributed by atoms with Crippen LogP contribution in [-0.2, 0) is 11.2 Å². The molecule has 0 radical (unpaired) electrons. The molecule has 1 amide bonds. The van der Waals surface area contributed by atoms with E-state index in [1.165, 1.54) is 4.88 Å². The lowest BCUT2D eigenvalue weighted by molar-refractivity contribution is -0.133. The van der Waals surface area contributed by atoms with Gasteiger partial charge in [-0.15, -0.1) is 11.3 Å². The van der Waals surface area contributed by atoms with Crippen LogP contribution in [-0.4, -0.2) is 49.0 Å². The van der Waals surface area contributed by atoms with E-state index < -0.39 is 0 Å². The molecule has 1 saturated heterocycles. The molecule has 1 aliphatic rings. The van der Waals surface area contributed by atoms with E-state index in [4.69, 9.17) is 4.74 Å². The summed E-state index contributed by atoms with van der Waals surface area (Å²) in [7, 11) is 1.67. The third-order valence-electron chi connectivity index (χ3n) is 4.93. The fourth-order valence-electron chi connectivity index (χ4n) is 3.30. The number of rotatable bonds is 6. The van der Waals surface area contributed by atoms with Crippen LogP contribution in [0.4, 0.5) is 0 Å². The van der Waals surface area contributed by atoms with Gasteiger partial charge in [-0.1, -0.05) is 18.2 Å². The van der Waals surface area contributed by atoms with Gasteiger partial charge in [-0.3, -0.25) is 9.69 Å². The van der Waals surface area contributed by atoms with Gasteiger partial charge in [0.1, 0.15) is 5.75 Å². The number of hydrogen-bond acceptors (Lipinski definition) is 4. The predicted octanol–water partition coefficient (Wildman–Crippen LogP) is 3.59. The van der Waals surface area contributed by atoms with Crippen molar-refractivity contribution in [2.75, 3.05) is 33.3 Å². The first-order chi connectivity index (χ1) is 12.2. The minimum Gasteiger partial charge on any atom is -0.497 e. The highest BCUT2D eigenvalue weighted by molar-refractivity contribution is 7.10. The van der Waals surface area contributed by atoms with E-state index in [0.29, 0.717) is 12.5 Å². The van der Waals surface area contributed by atoms with E-state index in [2.05, 4.69) is 35.4 Å². The Morgan fingerprint density at radius 1 is 1.20 bits per heavy atom. The summed E-state index contributed by atoms with van der Waals surface area (Å²) in [5.41, 5.74) is 1.15. The standard InChI is InChI=1S/C20H26N2O2S/c1-16(19-7-4-14-25-19)21-10-12-22(13-11-21)20(23)9-8-17-5-3-6-18(15-17)24-2/h3-7,14-16H,8-13H2,1-2H3. The van der Waals surface area contributed by atoms with E-state index in [1.54, 1.807) is 7.11 Å². The van der Waals surface area contributed by atoms with Crippen molar-refractivity contribution in [3.63, 3.8) is 0 Å². The Kier molecular flexibility index (Phi) is 6.10. The smallest absolute Gasteiger partial charge is 0.222 e. The zero-order valence-electron chi connectivity index (χ0n) is 15.0. The molecule has 1 aliphatic heterocycles. The highest BCUT2D eigenvalue weighted by Gasteiger charge is 2.24. The first-order valence-corrected chi connectivity index (χ1v) is 9.73. The summed E-state index contributed by atoms with van der Waals surface area (Å²) in [6, 6.07) is 12.7. The number of methoxy groups -OCH3 is 1. The van der Waals surface area contributed by atoms with E-state index in [9.17, 15) is 4.79 Å². The average Bonchev–Trinajstić information content (AvgIpc) is 3.20. The number of piperazine rings is 1. The lowest BCUT2D eigenvalue weighted by Crippen LogP contribution is -2.49. The monoisotopic (exact) mass is 358 g/mol. The second-order valence-electron chi connectivity index (χ2n) is 6.46. The lowest BCUT2D eigenvalue weighted by Gasteiger charge is -2.37. The summed E-state index contributed by atoms with van der Waals surface area (Å²) >= 11 is 1.81. The van der Waals surface area contributed by atoms with E-state index in [-0.39, 0.29) is 5.91 Å². The largest absolute Gasteiger partial charge is 0.497 e. The fourth-order valence-corrected chi connectivity index (χ4v) is 4.12. The second kappa shape index (κ2) is 8.50. The zero-order valence-corrected chi connectivity index (χ0v) is 15.8. The molecule has 4 nitrogen and oxygen atoms in total. The molecular formula is C20H26N2O2S. The zero-order chi connectivity index (χ0) is 17.6. The van der Waals surface area contributed by atoms with Crippen LogP contribution in [0.3, 0.4) is 0 Å². The quantitative estimate of drug-likeness (QED) is 0.791. The number of hydrogen-bond donors (Lipinski definition) is 0. The van der Waals surface area contributed by atoms with E-state index in [1.807, 2.05) is 34.4 Å². The first-order valence-electron chi connectivity index (χ1n) is 8.85. The third-order valence-corrected chi connectivity index (χ3v) is 5.97. The molecule has 0 bridgehead atoms. The molecular weight excluding hydrogens is 332 g/mol. The van der Waals surface area contributed by atoms with Gasteiger partial charge in [0, 0.05) is 43.5 Å². The molecule has 1 atom stereocenters. The SMILES string of the molecule is COc1cccc(CCC(=O)N2CCN(C(C)c3cccs3)CC2)c1. The Morgan fingerprint density at radius 2 is 2.00 bits per heavy atom. The van der Waals surface area contributed by atoms with Gasteiger partial charge in [-0.05, 0) is 42.5 Å². The van der Waals surface area contributed by atoms with Gasteiger partial charge in [-0.2, -0.15) is 0 Å². The molecule has 25 heavy (non-hydrogen) atoms. The van der Waals surface area contributed by atoms with Crippen molar-refractivity contribution in [2.45, 2.75) is 25.8 Å². The van der Waals surface area contributed by atoms with Crippen LogP contribution in [0, 0.1) is 0 Å². The van der Waals surface area contributed by atoms with Crippen molar-refractivity contribution < 1.29 is 9.53 Å². The van der Waals surface area contributed by atoms with Crippen molar-refractivity contribution >= 4 is 17.2 Å². The molecule has 1 unspecified atom stereocenters. The van der Waals surface area contributed by atoms with Crippen molar-refractivity contribution in [1.29, 1.82) is 0 Å². The summed E-state index contributed by atoms with van der Waals surface area (Å²) in [6.45, 7) is 5.80. The Labute approximate surface area is 154 Å². The Morgan fingerprint density at radius 3 is 2.68 bits per heavy atom. The van der Waals surface area contributed by atoms with Crippen molar-refractivity contribution in [1.82, 2.24) is 9.80 Å². The van der Waals surface area contributed by atoms with Crippen LogP contribution in [0.2, 0.25) is 0 Å². The van der Waals surface area contributed by atoms with Crippen molar-refractivity contribution in [2.24, 2.45) is 0 Å². The Hall–Kier alpha value is -1.85. The number of nitrogens with zero attached hydrogens (tertiary/aromatic N) is 2. The summed E-state index contributed by atoms with van der Waals surface area (Å²) in [5.74, 6) is 1.10.